The van der Waals surface area contributed by atoms with E-state index in [0.717, 1.165) is 12.1 Å². The van der Waals surface area contributed by atoms with Gasteiger partial charge in [-0.2, -0.15) is 5.26 Å². The molecule has 1 aliphatic heterocycles. The summed E-state index contributed by atoms with van der Waals surface area (Å²) < 4.78 is 46.7. The lowest BCUT2D eigenvalue weighted by atomic mass is 9.63. The van der Waals surface area contributed by atoms with Crippen molar-refractivity contribution in [2.45, 2.75) is 18.2 Å². The van der Waals surface area contributed by atoms with Crippen molar-refractivity contribution in [3.63, 3.8) is 0 Å². The molecule has 0 fully saturated rings. The molecule has 0 saturated heterocycles. The minimum absolute atomic E-state index is 0.0110. The van der Waals surface area contributed by atoms with Gasteiger partial charge in [0.05, 0.1) is 11.3 Å². The van der Waals surface area contributed by atoms with Crippen molar-refractivity contribution in [2.75, 3.05) is 11.9 Å². The number of nitriles is 1. The molecular weight excluding hydrogens is 411 g/mol. The van der Waals surface area contributed by atoms with Gasteiger partial charge in [0, 0.05) is 28.6 Å². The first-order valence-electron chi connectivity index (χ1n) is 8.78. The van der Waals surface area contributed by atoms with Crippen LogP contribution in [0.4, 0.5) is 18.9 Å². The highest BCUT2D eigenvalue weighted by Gasteiger charge is 2.35. The average Bonchev–Trinajstić information content (AvgIpc) is 2.99. The van der Waals surface area contributed by atoms with Crippen LogP contribution in [0.1, 0.15) is 11.1 Å². The Morgan fingerprint density at radius 1 is 1.35 bits per heavy atom. The number of nitrogens with one attached hydrogen (secondary N) is 1. The Bertz CT molecular complexity index is 1090. The van der Waals surface area contributed by atoms with E-state index < -0.39 is 23.5 Å². The second kappa shape index (κ2) is 7.95. The number of rotatable bonds is 6. The normalized spacial score (nSPS) is 14.1. The van der Waals surface area contributed by atoms with Crippen molar-refractivity contribution in [1.82, 2.24) is 0 Å². The number of fused-ring (bicyclic) bond motifs is 1. The van der Waals surface area contributed by atoms with Crippen LogP contribution in [0.15, 0.2) is 42.5 Å². The Labute approximate surface area is 178 Å². The van der Waals surface area contributed by atoms with E-state index in [4.69, 9.17) is 25.5 Å². The van der Waals surface area contributed by atoms with Crippen molar-refractivity contribution < 1.29 is 32.5 Å². The van der Waals surface area contributed by atoms with Crippen LogP contribution < -0.4 is 14.8 Å². The first-order valence-corrected chi connectivity index (χ1v) is 8.78. The summed E-state index contributed by atoms with van der Waals surface area (Å²) in [5.41, 5.74) is 1.52. The fourth-order valence-electron chi connectivity index (χ4n) is 3.10. The maximum absolute atomic E-state index is 12.4. The van der Waals surface area contributed by atoms with Gasteiger partial charge in [0.2, 0.25) is 0 Å². The summed E-state index contributed by atoms with van der Waals surface area (Å²) in [7, 11) is 11.8. The predicted molar refractivity (Wildman–Crippen MR) is 107 cm³/mol. The van der Waals surface area contributed by atoms with Gasteiger partial charge in [0.15, 0.2) is 0 Å². The number of alkyl halides is 3. The molecule has 0 unspecified atom stereocenters. The molecule has 1 aliphatic rings. The number of carboxylic acids is 1. The highest BCUT2D eigenvalue weighted by molar-refractivity contribution is 6.39. The van der Waals surface area contributed by atoms with Gasteiger partial charge in [0.1, 0.15) is 33.3 Å². The molecule has 0 aromatic heterocycles. The molecule has 2 aromatic rings. The first-order chi connectivity index (χ1) is 14.4. The highest BCUT2D eigenvalue weighted by Crippen LogP contribution is 2.45. The van der Waals surface area contributed by atoms with Crippen molar-refractivity contribution in [3.05, 3.63) is 53.6 Å². The average molecular weight is 424 g/mol. The number of carbonyl (C=O) groups is 1. The Kier molecular flexibility index (Phi) is 5.68. The second-order valence-corrected chi connectivity index (χ2v) is 6.83. The molecule has 154 valence electrons. The van der Waals surface area contributed by atoms with E-state index in [-0.39, 0.29) is 35.5 Å². The minimum Gasteiger partial charge on any atom is -0.506 e. The smallest absolute Gasteiger partial charge is 0.506 e. The van der Waals surface area contributed by atoms with Gasteiger partial charge in [-0.15, -0.1) is 13.2 Å². The molecule has 31 heavy (non-hydrogen) atoms. The summed E-state index contributed by atoms with van der Waals surface area (Å²) in [4.78, 5) is 11.0. The maximum Gasteiger partial charge on any atom is 0.573 e. The number of hydrogen-bond donors (Lipinski definition) is 2. The van der Waals surface area contributed by atoms with Crippen LogP contribution in [0.3, 0.4) is 0 Å². The van der Waals surface area contributed by atoms with Gasteiger partial charge in [-0.3, -0.25) is 0 Å². The minimum atomic E-state index is -4.83. The molecule has 6 nitrogen and oxygen atoms in total. The van der Waals surface area contributed by atoms with Gasteiger partial charge < -0.3 is 19.9 Å². The highest BCUT2D eigenvalue weighted by atomic mass is 19.4. The van der Waals surface area contributed by atoms with Crippen molar-refractivity contribution >= 4 is 27.3 Å². The Morgan fingerprint density at radius 3 is 2.55 bits per heavy atom. The zero-order valence-corrected chi connectivity index (χ0v) is 15.9. The molecule has 2 N–H and O–H groups in total. The summed E-state index contributed by atoms with van der Waals surface area (Å²) in [5, 5.41) is 19.9. The van der Waals surface area contributed by atoms with Crippen LogP contribution in [0, 0.1) is 11.3 Å². The summed E-state index contributed by atoms with van der Waals surface area (Å²) >= 11 is 0. The molecule has 11 heteroatoms. The van der Waals surface area contributed by atoms with Crippen LogP contribution >= 0.6 is 0 Å². The van der Waals surface area contributed by atoms with Crippen LogP contribution in [0.2, 0.25) is 0 Å². The van der Waals surface area contributed by atoms with E-state index in [1.165, 1.54) is 18.2 Å². The van der Waals surface area contributed by atoms with Crippen LogP contribution in [-0.2, 0) is 11.2 Å². The van der Waals surface area contributed by atoms with E-state index in [1.54, 1.807) is 0 Å². The van der Waals surface area contributed by atoms with Gasteiger partial charge in [0.25, 0.3) is 0 Å². The lowest BCUT2D eigenvalue weighted by Gasteiger charge is -2.20. The van der Waals surface area contributed by atoms with Crippen molar-refractivity contribution in [2.24, 2.45) is 0 Å². The molecular formula is C20H13B2F3N2O4. The van der Waals surface area contributed by atoms with E-state index in [2.05, 4.69) is 16.6 Å². The van der Waals surface area contributed by atoms with Crippen LogP contribution in [-0.4, -0.2) is 45.1 Å². The van der Waals surface area contributed by atoms with Crippen LogP contribution in [0.25, 0.3) is 11.1 Å². The third kappa shape index (κ3) is 4.97. The van der Waals surface area contributed by atoms with Crippen LogP contribution in [0.5, 0.6) is 11.5 Å². The van der Waals surface area contributed by atoms with Gasteiger partial charge in [-0.1, -0.05) is 18.7 Å². The van der Waals surface area contributed by atoms with Gasteiger partial charge in [-0.25, -0.2) is 4.79 Å². The summed E-state index contributed by atoms with van der Waals surface area (Å²) in [5.74, 6) is -1.40. The molecule has 0 amide bonds. The molecule has 0 atom stereocenters. The van der Waals surface area contributed by atoms with Gasteiger partial charge >= 0.3 is 12.3 Å². The Balaban J connectivity index is 2.06. The number of nitrogens with zero attached hydrogens (tertiary/aromatic N) is 1. The van der Waals surface area contributed by atoms with E-state index in [9.17, 15) is 23.2 Å². The lowest BCUT2D eigenvalue weighted by molar-refractivity contribution is -0.274. The number of hydrogen-bond acceptors (Lipinski definition) is 5. The largest absolute Gasteiger partial charge is 0.573 e. The molecule has 0 saturated carbocycles. The van der Waals surface area contributed by atoms with E-state index >= 15 is 0 Å². The fourth-order valence-corrected chi connectivity index (χ4v) is 3.10. The summed E-state index contributed by atoms with van der Waals surface area (Å²) in [6.45, 7) is 3.27. The number of benzene rings is 2. The predicted octanol–water partition coefficient (Wildman–Crippen LogP) is 3.10. The maximum atomic E-state index is 12.4. The zero-order chi connectivity index (χ0) is 23.0. The second-order valence-electron chi connectivity index (χ2n) is 6.83. The Morgan fingerprint density at radius 2 is 2.00 bits per heavy atom. The number of ether oxygens (including phenoxy) is 2. The molecule has 2 aromatic carbocycles. The molecule has 0 bridgehead atoms. The third-order valence-corrected chi connectivity index (χ3v) is 4.43. The molecule has 1 heterocycles. The number of aliphatic carboxylic acids is 1. The van der Waals surface area contributed by atoms with Crippen molar-refractivity contribution in [1.29, 1.82) is 5.26 Å². The van der Waals surface area contributed by atoms with E-state index in [1.807, 2.05) is 6.07 Å². The Hall–Kier alpha value is -3.54. The topological polar surface area (TPSA) is 91.6 Å². The third-order valence-electron chi connectivity index (χ3n) is 4.43. The van der Waals surface area contributed by atoms with Gasteiger partial charge in [-0.05, 0) is 30.2 Å². The quantitative estimate of drug-likeness (QED) is 0.548. The lowest BCUT2D eigenvalue weighted by Crippen LogP contribution is -2.35. The van der Waals surface area contributed by atoms with Crippen molar-refractivity contribution in [3.8, 4) is 28.7 Å². The monoisotopic (exact) mass is 424 g/mol. The number of carboxylic acid groups (broad SMARTS) is 1. The molecule has 0 aliphatic carbocycles. The number of halogens is 3. The van der Waals surface area contributed by atoms with E-state index in [0.29, 0.717) is 16.7 Å². The summed E-state index contributed by atoms with van der Waals surface area (Å²) in [6, 6.07) is 8.53. The molecule has 0 spiro atoms. The molecule has 3 rings (SSSR count). The molecule has 4 radical (unpaired) electrons. The zero-order valence-electron chi connectivity index (χ0n) is 15.9. The number of anilines is 1. The SMILES string of the molecule is [B]C1([B])Cc2c(C#N)c(NCC(=C)C(=O)O)cc(-c3ccc(OC(F)(F)F)cc3)c2O1. The summed E-state index contributed by atoms with van der Waals surface area (Å²) in [6.07, 6.45) is -4.84. The fraction of sp³-hybridized carbons (Fsp3) is 0.200. The first kappa shape index (κ1) is 22.2. The standard InChI is InChI=1S/C20H13B2F3N2O4/c1-10(18(28)29)9-27-16-6-13(11-2-4-12(5-3-11)30-20(23,24)25)17-14(15(16)8-26)7-19(21,22)31-17/h2-6,27H,1,7,9H2,(H,28,29).